The summed E-state index contributed by atoms with van der Waals surface area (Å²) in [5.41, 5.74) is 1.93. The molecule has 2 nitrogen and oxygen atoms in total. The predicted molar refractivity (Wildman–Crippen MR) is 107 cm³/mol. The summed E-state index contributed by atoms with van der Waals surface area (Å²) in [6.07, 6.45) is 17.3. The quantitative estimate of drug-likeness (QED) is 0.689. The Kier molecular flexibility index (Phi) is 5.65. The summed E-state index contributed by atoms with van der Waals surface area (Å²) in [4.78, 5) is 5.58. The van der Waals surface area contributed by atoms with E-state index in [0.717, 1.165) is 6.04 Å². The van der Waals surface area contributed by atoms with E-state index in [1.807, 2.05) is 0 Å². The van der Waals surface area contributed by atoms with Gasteiger partial charge >= 0.3 is 0 Å². The fourth-order valence-electron chi connectivity index (χ4n) is 5.53. The van der Waals surface area contributed by atoms with E-state index in [0.29, 0.717) is 5.54 Å². The molecule has 1 aromatic carbocycles. The van der Waals surface area contributed by atoms with E-state index in [1.165, 1.54) is 102 Å². The average Bonchev–Trinajstić information content (AvgIpc) is 2.66. The highest BCUT2D eigenvalue weighted by atomic mass is 15.3. The molecule has 1 saturated carbocycles. The first-order valence-electron chi connectivity index (χ1n) is 10.9. The first-order chi connectivity index (χ1) is 12.4. The maximum absolute atomic E-state index is 2.87. The molecule has 1 aliphatic carbocycles. The van der Waals surface area contributed by atoms with Gasteiger partial charge in [-0.3, -0.25) is 0 Å². The lowest BCUT2D eigenvalue weighted by atomic mass is 9.75. The van der Waals surface area contributed by atoms with Gasteiger partial charge in [0.15, 0.2) is 0 Å². The van der Waals surface area contributed by atoms with Crippen LogP contribution in [-0.2, 0) is 0 Å². The van der Waals surface area contributed by atoms with E-state index < -0.39 is 0 Å². The van der Waals surface area contributed by atoms with Gasteiger partial charge in [0.1, 0.15) is 0 Å². The SMILES string of the molecule is c1ccc(N2CCC23CCN(C2CCCCCCCCC2)CC3)cc1. The Hall–Kier alpha value is -1.02. The van der Waals surface area contributed by atoms with Crippen molar-refractivity contribution in [3.8, 4) is 0 Å². The largest absolute Gasteiger partial charge is 0.366 e. The second kappa shape index (κ2) is 8.12. The van der Waals surface area contributed by atoms with Gasteiger partial charge < -0.3 is 9.80 Å². The number of hydrogen-bond acceptors (Lipinski definition) is 2. The number of anilines is 1. The van der Waals surface area contributed by atoms with Crippen molar-refractivity contribution in [3.63, 3.8) is 0 Å². The van der Waals surface area contributed by atoms with E-state index in [-0.39, 0.29) is 0 Å². The summed E-state index contributed by atoms with van der Waals surface area (Å²) in [5, 5.41) is 0. The van der Waals surface area contributed by atoms with E-state index in [1.54, 1.807) is 0 Å². The van der Waals surface area contributed by atoms with Crippen LogP contribution in [0.15, 0.2) is 30.3 Å². The smallest absolute Gasteiger partial charge is 0.0443 e. The van der Waals surface area contributed by atoms with Crippen molar-refractivity contribution in [3.05, 3.63) is 30.3 Å². The van der Waals surface area contributed by atoms with Crippen molar-refractivity contribution < 1.29 is 0 Å². The first kappa shape index (κ1) is 17.4. The summed E-state index contributed by atoms with van der Waals surface area (Å²) in [6.45, 7) is 3.91. The number of likely N-dealkylation sites (tertiary alicyclic amines) is 1. The van der Waals surface area contributed by atoms with E-state index in [4.69, 9.17) is 0 Å². The zero-order valence-corrected chi connectivity index (χ0v) is 16.0. The molecule has 0 radical (unpaired) electrons. The highest BCUT2D eigenvalue weighted by Gasteiger charge is 2.46. The molecule has 4 rings (SSSR count). The molecule has 0 atom stereocenters. The van der Waals surface area contributed by atoms with Gasteiger partial charge in [-0.15, -0.1) is 0 Å². The maximum atomic E-state index is 2.87. The van der Waals surface area contributed by atoms with Gasteiger partial charge in [-0.05, 0) is 44.2 Å². The maximum Gasteiger partial charge on any atom is 0.0443 e. The second-order valence-electron chi connectivity index (χ2n) is 8.70. The Balaban J connectivity index is 1.34. The number of para-hydroxylation sites is 1. The monoisotopic (exact) mass is 340 g/mol. The van der Waals surface area contributed by atoms with Crippen molar-refractivity contribution in [2.45, 2.75) is 88.6 Å². The van der Waals surface area contributed by atoms with E-state index >= 15 is 0 Å². The Morgan fingerprint density at radius 1 is 0.680 bits per heavy atom. The molecule has 2 aliphatic heterocycles. The minimum atomic E-state index is 0.480. The molecule has 3 fully saturated rings. The van der Waals surface area contributed by atoms with Crippen LogP contribution >= 0.6 is 0 Å². The average molecular weight is 341 g/mol. The molecule has 2 saturated heterocycles. The van der Waals surface area contributed by atoms with Crippen LogP contribution in [0.2, 0.25) is 0 Å². The van der Waals surface area contributed by atoms with Crippen molar-refractivity contribution in [2.75, 3.05) is 24.5 Å². The Morgan fingerprint density at radius 3 is 1.80 bits per heavy atom. The summed E-state index contributed by atoms with van der Waals surface area (Å²) < 4.78 is 0. The Morgan fingerprint density at radius 2 is 1.24 bits per heavy atom. The van der Waals surface area contributed by atoms with Crippen LogP contribution in [0.3, 0.4) is 0 Å². The van der Waals surface area contributed by atoms with Crippen LogP contribution < -0.4 is 4.90 Å². The van der Waals surface area contributed by atoms with Crippen LogP contribution in [0, 0.1) is 0 Å². The molecule has 0 amide bonds. The molecular formula is C23H36N2. The summed E-state index contributed by atoms with van der Waals surface area (Å²) in [5.74, 6) is 0. The minimum Gasteiger partial charge on any atom is -0.366 e. The molecule has 138 valence electrons. The normalized spacial score (nSPS) is 26.3. The highest BCUT2D eigenvalue weighted by molar-refractivity contribution is 5.52. The molecule has 0 aromatic heterocycles. The summed E-state index contributed by atoms with van der Waals surface area (Å²) >= 11 is 0. The van der Waals surface area contributed by atoms with Crippen LogP contribution in [0.5, 0.6) is 0 Å². The lowest BCUT2D eigenvalue weighted by Gasteiger charge is -2.58. The summed E-state index contributed by atoms with van der Waals surface area (Å²) in [7, 11) is 0. The van der Waals surface area contributed by atoms with E-state index in [9.17, 15) is 0 Å². The van der Waals surface area contributed by atoms with Gasteiger partial charge in [-0.25, -0.2) is 0 Å². The molecule has 2 heterocycles. The standard InChI is InChI=1S/C23H36N2/c1-2-4-7-11-21(12-8-5-3-1)24-18-15-23(16-19-24)17-20-25(23)22-13-9-6-10-14-22/h6,9-10,13-14,21H,1-5,7-8,11-12,15-20H2. The number of hydrogen-bond donors (Lipinski definition) is 0. The number of piperidine rings is 1. The molecule has 0 bridgehead atoms. The topological polar surface area (TPSA) is 6.48 Å². The number of rotatable bonds is 2. The molecule has 1 spiro atoms. The van der Waals surface area contributed by atoms with Gasteiger partial charge in [0.05, 0.1) is 0 Å². The van der Waals surface area contributed by atoms with Crippen LogP contribution in [-0.4, -0.2) is 36.1 Å². The molecular weight excluding hydrogens is 304 g/mol. The van der Waals surface area contributed by atoms with Gasteiger partial charge in [0, 0.05) is 36.9 Å². The molecule has 2 heteroatoms. The second-order valence-corrected chi connectivity index (χ2v) is 8.70. The molecule has 0 N–H and O–H groups in total. The molecule has 0 unspecified atom stereocenters. The summed E-state index contributed by atoms with van der Waals surface area (Å²) in [6, 6.07) is 12.0. The zero-order valence-electron chi connectivity index (χ0n) is 16.0. The third-order valence-corrected chi connectivity index (χ3v) is 7.26. The highest BCUT2D eigenvalue weighted by Crippen LogP contribution is 2.43. The first-order valence-corrected chi connectivity index (χ1v) is 10.9. The molecule has 3 aliphatic rings. The fraction of sp³-hybridized carbons (Fsp3) is 0.739. The van der Waals surface area contributed by atoms with Crippen molar-refractivity contribution in [1.29, 1.82) is 0 Å². The fourth-order valence-corrected chi connectivity index (χ4v) is 5.53. The van der Waals surface area contributed by atoms with Gasteiger partial charge in [-0.2, -0.15) is 0 Å². The van der Waals surface area contributed by atoms with Crippen LogP contribution in [0.1, 0.15) is 77.0 Å². The number of nitrogens with zero attached hydrogens (tertiary/aromatic N) is 2. The lowest BCUT2D eigenvalue weighted by molar-refractivity contribution is 0.0751. The Labute approximate surface area is 154 Å². The van der Waals surface area contributed by atoms with Gasteiger partial charge in [0.25, 0.3) is 0 Å². The van der Waals surface area contributed by atoms with Gasteiger partial charge in [-0.1, -0.05) is 63.1 Å². The molecule has 25 heavy (non-hydrogen) atoms. The lowest BCUT2D eigenvalue weighted by Crippen LogP contribution is -2.65. The van der Waals surface area contributed by atoms with Gasteiger partial charge in [0.2, 0.25) is 0 Å². The Bertz CT molecular complexity index is 508. The van der Waals surface area contributed by atoms with Crippen LogP contribution in [0.25, 0.3) is 0 Å². The third kappa shape index (κ3) is 3.89. The van der Waals surface area contributed by atoms with Crippen molar-refractivity contribution in [1.82, 2.24) is 4.90 Å². The van der Waals surface area contributed by atoms with Crippen molar-refractivity contribution >= 4 is 5.69 Å². The van der Waals surface area contributed by atoms with Crippen LogP contribution in [0.4, 0.5) is 5.69 Å². The predicted octanol–water partition coefficient (Wildman–Crippen LogP) is 5.62. The minimum absolute atomic E-state index is 0.480. The number of benzene rings is 1. The van der Waals surface area contributed by atoms with E-state index in [2.05, 4.69) is 40.1 Å². The third-order valence-electron chi connectivity index (χ3n) is 7.26. The van der Waals surface area contributed by atoms with Crippen molar-refractivity contribution in [2.24, 2.45) is 0 Å². The zero-order chi connectivity index (χ0) is 17.0. The molecule has 1 aromatic rings.